The molecule has 1 saturated carbocycles. The van der Waals surface area contributed by atoms with Crippen molar-refractivity contribution in [2.75, 3.05) is 0 Å². The minimum atomic E-state index is -0.589. The number of aliphatic hydroxyl groups is 1. The van der Waals surface area contributed by atoms with Crippen molar-refractivity contribution in [3.63, 3.8) is 0 Å². The van der Waals surface area contributed by atoms with Crippen LogP contribution in [0.5, 0.6) is 0 Å². The molecule has 2 aliphatic rings. The first-order valence-corrected chi connectivity index (χ1v) is 6.73. The lowest BCUT2D eigenvalue weighted by Crippen LogP contribution is -2.37. The summed E-state index contributed by atoms with van der Waals surface area (Å²) in [6.07, 6.45) is 8.36. The summed E-state index contributed by atoms with van der Waals surface area (Å²) in [4.78, 5) is 10.9. The van der Waals surface area contributed by atoms with E-state index in [1.807, 2.05) is 13.8 Å². The van der Waals surface area contributed by atoms with Gasteiger partial charge in [-0.25, -0.2) is 0 Å². The van der Waals surface area contributed by atoms with Gasteiger partial charge in [0.25, 0.3) is 0 Å². The van der Waals surface area contributed by atoms with E-state index in [0.29, 0.717) is 11.8 Å². The van der Waals surface area contributed by atoms with E-state index in [4.69, 9.17) is 0 Å². The third-order valence-corrected chi connectivity index (χ3v) is 5.04. The van der Waals surface area contributed by atoms with Crippen LogP contribution in [0.15, 0.2) is 11.6 Å². The van der Waals surface area contributed by atoms with Gasteiger partial charge in [0.2, 0.25) is 0 Å². The van der Waals surface area contributed by atoms with Gasteiger partial charge in [-0.05, 0) is 68.8 Å². The van der Waals surface area contributed by atoms with Crippen LogP contribution in [0, 0.1) is 17.3 Å². The smallest absolute Gasteiger partial charge is 0.145 e. The predicted molar refractivity (Wildman–Crippen MR) is 68.6 cm³/mol. The molecule has 0 aromatic heterocycles. The molecule has 0 amide bonds. The van der Waals surface area contributed by atoms with Gasteiger partial charge in [0, 0.05) is 0 Å². The summed E-state index contributed by atoms with van der Waals surface area (Å²) < 4.78 is 0. The normalized spacial score (nSPS) is 38.2. The molecule has 1 fully saturated rings. The third-order valence-electron chi connectivity index (χ3n) is 5.04. The Morgan fingerprint density at radius 2 is 2.18 bits per heavy atom. The Kier molecular flexibility index (Phi) is 3.19. The fourth-order valence-corrected chi connectivity index (χ4v) is 3.90. The number of rotatable bonds is 2. The van der Waals surface area contributed by atoms with Gasteiger partial charge in [0.1, 0.15) is 6.29 Å². The maximum Gasteiger partial charge on any atom is 0.145 e. The number of hydrogen-bond acceptors (Lipinski definition) is 2. The maximum atomic E-state index is 10.9. The van der Waals surface area contributed by atoms with Crippen LogP contribution < -0.4 is 0 Å². The number of hydrogen-bond donors (Lipinski definition) is 1. The number of aldehydes is 1. The summed E-state index contributed by atoms with van der Waals surface area (Å²) in [5.74, 6) is 0.933. The van der Waals surface area contributed by atoms with Crippen LogP contribution in [0.4, 0.5) is 0 Å². The monoisotopic (exact) mass is 236 g/mol. The van der Waals surface area contributed by atoms with Crippen molar-refractivity contribution in [1.82, 2.24) is 0 Å². The molecule has 0 saturated heterocycles. The average Bonchev–Trinajstić information content (AvgIpc) is 2.48. The minimum absolute atomic E-state index is 0.287. The van der Waals surface area contributed by atoms with Gasteiger partial charge >= 0.3 is 0 Å². The second-order valence-corrected chi connectivity index (χ2v) is 6.70. The molecule has 1 N–H and O–H groups in total. The first-order chi connectivity index (χ1) is 7.87. The molecule has 0 radical (unpaired) electrons. The zero-order chi connectivity index (χ0) is 12.7. The Bertz CT molecular complexity index is 337. The lowest BCUT2D eigenvalue weighted by Gasteiger charge is -2.37. The topological polar surface area (TPSA) is 37.3 Å². The van der Waals surface area contributed by atoms with Gasteiger partial charge in [-0.1, -0.05) is 13.0 Å². The Hall–Kier alpha value is -0.630. The first kappa shape index (κ1) is 12.8. The standard InChI is InChI=1S/C15H24O2/c1-14(2,17)12-7-9-15(3)8-6-11(10-16)4-5-13(12)15/h6,10,12-13,17H,4-5,7-9H2,1-3H3/t12-,13+,15+/m0/s1. The lowest BCUT2D eigenvalue weighted by atomic mass is 9.70. The van der Waals surface area contributed by atoms with Crippen LogP contribution in [0.2, 0.25) is 0 Å². The van der Waals surface area contributed by atoms with Crippen molar-refractivity contribution < 1.29 is 9.90 Å². The number of fused-ring (bicyclic) bond motifs is 1. The van der Waals surface area contributed by atoms with Crippen molar-refractivity contribution in [2.45, 2.75) is 58.5 Å². The van der Waals surface area contributed by atoms with E-state index in [-0.39, 0.29) is 5.41 Å². The van der Waals surface area contributed by atoms with Gasteiger partial charge in [-0.2, -0.15) is 0 Å². The number of carbonyl (C=O) groups is 1. The molecule has 0 unspecified atom stereocenters. The maximum absolute atomic E-state index is 10.9. The molecular weight excluding hydrogens is 212 g/mol. The Morgan fingerprint density at radius 3 is 2.76 bits per heavy atom. The van der Waals surface area contributed by atoms with Crippen molar-refractivity contribution >= 4 is 6.29 Å². The van der Waals surface area contributed by atoms with E-state index in [1.54, 1.807) is 0 Å². The van der Waals surface area contributed by atoms with Gasteiger partial charge < -0.3 is 5.11 Å². The van der Waals surface area contributed by atoms with Crippen LogP contribution in [0.3, 0.4) is 0 Å². The molecule has 96 valence electrons. The van der Waals surface area contributed by atoms with E-state index >= 15 is 0 Å². The Morgan fingerprint density at radius 1 is 1.47 bits per heavy atom. The van der Waals surface area contributed by atoms with Crippen molar-refractivity contribution in [1.29, 1.82) is 0 Å². The largest absolute Gasteiger partial charge is 0.390 e. The molecule has 0 spiro atoms. The molecule has 0 heterocycles. The predicted octanol–water partition coefficient (Wildman–Crippen LogP) is 3.10. The van der Waals surface area contributed by atoms with Crippen molar-refractivity contribution in [3.05, 3.63) is 11.6 Å². The van der Waals surface area contributed by atoms with E-state index in [2.05, 4.69) is 13.0 Å². The van der Waals surface area contributed by atoms with Gasteiger partial charge in [-0.15, -0.1) is 0 Å². The van der Waals surface area contributed by atoms with Crippen LogP contribution in [-0.2, 0) is 4.79 Å². The zero-order valence-electron chi connectivity index (χ0n) is 11.2. The summed E-state index contributed by atoms with van der Waals surface area (Å²) in [7, 11) is 0. The van der Waals surface area contributed by atoms with Gasteiger partial charge in [-0.3, -0.25) is 4.79 Å². The zero-order valence-corrected chi connectivity index (χ0v) is 11.2. The van der Waals surface area contributed by atoms with Gasteiger partial charge in [0.05, 0.1) is 5.60 Å². The molecule has 0 aromatic rings. The molecule has 3 atom stereocenters. The first-order valence-electron chi connectivity index (χ1n) is 6.73. The van der Waals surface area contributed by atoms with E-state index in [0.717, 1.165) is 37.5 Å². The van der Waals surface area contributed by atoms with E-state index in [9.17, 15) is 9.90 Å². The highest BCUT2D eigenvalue weighted by molar-refractivity contribution is 5.73. The van der Waals surface area contributed by atoms with Crippen molar-refractivity contribution in [3.8, 4) is 0 Å². The quantitative estimate of drug-likeness (QED) is 0.748. The lowest BCUT2D eigenvalue weighted by molar-refractivity contribution is -0.105. The summed E-state index contributed by atoms with van der Waals surface area (Å²) >= 11 is 0. The molecule has 2 aliphatic carbocycles. The summed E-state index contributed by atoms with van der Waals surface area (Å²) in [6.45, 7) is 6.19. The number of carbonyl (C=O) groups excluding carboxylic acids is 1. The molecule has 0 aromatic carbocycles. The Labute approximate surface area is 104 Å². The van der Waals surface area contributed by atoms with E-state index < -0.39 is 5.60 Å². The summed E-state index contributed by atoms with van der Waals surface area (Å²) in [5, 5.41) is 10.3. The third kappa shape index (κ3) is 2.33. The van der Waals surface area contributed by atoms with Crippen LogP contribution in [0.1, 0.15) is 52.9 Å². The van der Waals surface area contributed by atoms with Crippen LogP contribution in [0.25, 0.3) is 0 Å². The van der Waals surface area contributed by atoms with Crippen molar-refractivity contribution in [2.24, 2.45) is 17.3 Å². The Balaban J connectivity index is 2.22. The summed E-state index contributed by atoms with van der Waals surface area (Å²) in [6, 6.07) is 0. The second-order valence-electron chi connectivity index (χ2n) is 6.70. The summed E-state index contributed by atoms with van der Waals surface area (Å²) in [5.41, 5.74) is 0.652. The van der Waals surface area contributed by atoms with Crippen LogP contribution >= 0.6 is 0 Å². The highest BCUT2D eigenvalue weighted by Crippen LogP contribution is 2.55. The molecular formula is C15H24O2. The molecule has 0 aliphatic heterocycles. The highest BCUT2D eigenvalue weighted by Gasteiger charge is 2.49. The molecule has 0 bridgehead atoms. The molecule has 2 nitrogen and oxygen atoms in total. The fourth-order valence-electron chi connectivity index (χ4n) is 3.90. The minimum Gasteiger partial charge on any atom is -0.390 e. The molecule has 2 heteroatoms. The average molecular weight is 236 g/mol. The SMILES string of the molecule is CC(C)(O)[C@H]1CC[C@@]2(C)CC=C(C=O)CC[C@H]12. The number of allylic oxidation sites excluding steroid dienone is 2. The molecule has 2 rings (SSSR count). The highest BCUT2D eigenvalue weighted by atomic mass is 16.3. The molecule has 17 heavy (non-hydrogen) atoms. The fraction of sp³-hybridized carbons (Fsp3) is 0.800. The second kappa shape index (κ2) is 4.24. The van der Waals surface area contributed by atoms with Crippen LogP contribution in [-0.4, -0.2) is 17.0 Å². The van der Waals surface area contributed by atoms with Gasteiger partial charge in [0.15, 0.2) is 0 Å². The van der Waals surface area contributed by atoms with E-state index in [1.165, 1.54) is 6.42 Å².